The summed E-state index contributed by atoms with van der Waals surface area (Å²) in [7, 11) is 0. The fourth-order valence-electron chi connectivity index (χ4n) is 2.52. The van der Waals surface area contributed by atoms with Gasteiger partial charge in [0.25, 0.3) is 5.91 Å². The Hall–Kier alpha value is -2.81. The van der Waals surface area contributed by atoms with Gasteiger partial charge in [0.1, 0.15) is 5.76 Å². The van der Waals surface area contributed by atoms with Crippen LogP contribution in [0.4, 0.5) is 5.69 Å². The van der Waals surface area contributed by atoms with Crippen LogP contribution in [0.2, 0.25) is 0 Å². The lowest BCUT2D eigenvalue weighted by Gasteiger charge is -2.13. The van der Waals surface area contributed by atoms with Crippen LogP contribution >= 0.6 is 0 Å². The maximum absolute atomic E-state index is 12.7. The minimum Gasteiger partial charge on any atom is -0.464 e. The number of rotatable bonds is 3. The molecule has 3 nitrogen and oxygen atoms in total. The molecule has 3 aromatic rings. The Bertz CT molecular complexity index is 784. The molecule has 0 bridgehead atoms. The first kappa shape index (κ1) is 14.1. The number of benzene rings is 2. The third-order valence-electron chi connectivity index (χ3n) is 3.68. The number of hydrogen-bond acceptors (Lipinski definition) is 2. The van der Waals surface area contributed by atoms with Crippen molar-refractivity contribution in [1.82, 2.24) is 0 Å². The van der Waals surface area contributed by atoms with Crippen molar-refractivity contribution in [2.45, 2.75) is 13.8 Å². The van der Waals surface area contributed by atoms with E-state index in [9.17, 15) is 4.79 Å². The van der Waals surface area contributed by atoms with Gasteiger partial charge < -0.3 is 9.73 Å². The first-order valence-corrected chi connectivity index (χ1v) is 7.17. The molecule has 3 heteroatoms. The number of carbonyl (C=O) groups is 1. The lowest BCUT2D eigenvalue weighted by Crippen LogP contribution is -2.14. The SMILES string of the molecule is Cc1cccc(C)c1NC(=O)c1ccccc1-c1ccco1. The minimum absolute atomic E-state index is 0.135. The highest BCUT2D eigenvalue weighted by atomic mass is 16.3. The zero-order valence-electron chi connectivity index (χ0n) is 12.6. The third kappa shape index (κ3) is 2.66. The highest BCUT2D eigenvalue weighted by Crippen LogP contribution is 2.26. The van der Waals surface area contributed by atoms with Gasteiger partial charge in [0.05, 0.1) is 11.8 Å². The molecule has 22 heavy (non-hydrogen) atoms. The molecule has 2 aromatic carbocycles. The summed E-state index contributed by atoms with van der Waals surface area (Å²) in [5, 5.41) is 3.02. The van der Waals surface area contributed by atoms with E-state index in [4.69, 9.17) is 4.42 Å². The van der Waals surface area contributed by atoms with Crippen molar-refractivity contribution in [3.8, 4) is 11.3 Å². The highest BCUT2D eigenvalue weighted by Gasteiger charge is 2.15. The minimum atomic E-state index is -0.135. The zero-order valence-corrected chi connectivity index (χ0v) is 12.6. The maximum Gasteiger partial charge on any atom is 0.256 e. The molecule has 110 valence electrons. The van der Waals surface area contributed by atoms with E-state index in [0.29, 0.717) is 11.3 Å². The zero-order chi connectivity index (χ0) is 15.5. The molecule has 1 aromatic heterocycles. The Kier molecular flexibility index (Phi) is 3.79. The number of para-hydroxylation sites is 1. The van der Waals surface area contributed by atoms with Crippen molar-refractivity contribution in [3.63, 3.8) is 0 Å². The van der Waals surface area contributed by atoms with Crippen LogP contribution in [-0.2, 0) is 0 Å². The van der Waals surface area contributed by atoms with Crippen LogP contribution < -0.4 is 5.32 Å². The average molecular weight is 291 g/mol. The lowest BCUT2D eigenvalue weighted by molar-refractivity contribution is 0.102. The summed E-state index contributed by atoms with van der Waals surface area (Å²) in [4.78, 5) is 12.7. The summed E-state index contributed by atoms with van der Waals surface area (Å²) in [5.74, 6) is 0.552. The Morgan fingerprint density at radius 3 is 2.32 bits per heavy atom. The van der Waals surface area contributed by atoms with Gasteiger partial charge in [0.2, 0.25) is 0 Å². The highest BCUT2D eigenvalue weighted by molar-refractivity contribution is 6.09. The van der Waals surface area contributed by atoms with Crippen LogP contribution in [0.3, 0.4) is 0 Å². The van der Waals surface area contributed by atoms with E-state index < -0.39 is 0 Å². The van der Waals surface area contributed by atoms with Gasteiger partial charge in [0, 0.05) is 11.3 Å². The molecule has 1 amide bonds. The van der Waals surface area contributed by atoms with E-state index >= 15 is 0 Å². The van der Waals surface area contributed by atoms with E-state index in [-0.39, 0.29) is 5.91 Å². The van der Waals surface area contributed by atoms with Gasteiger partial charge in [-0.05, 0) is 43.2 Å². The first-order valence-electron chi connectivity index (χ1n) is 7.17. The number of carbonyl (C=O) groups excluding carboxylic acids is 1. The summed E-state index contributed by atoms with van der Waals surface area (Å²) in [5.41, 5.74) is 4.34. The Morgan fingerprint density at radius 1 is 0.909 bits per heavy atom. The fourth-order valence-corrected chi connectivity index (χ4v) is 2.52. The van der Waals surface area contributed by atoms with Crippen LogP contribution in [0.1, 0.15) is 21.5 Å². The van der Waals surface area contributed by atoms with Crippen LogP contribution in [0, 0.1) is 13.8 Å². The van der Waals surface area contributed by atoms with E-state index in [0.717, 1.165) is 22.4 Å². The van der Waals surface area contributed by atoms with E-state index in [1.54, 1.807) is 12.3 Å². The summed E-state index contributed by atoms with van der Waals surface area (Å²) in [6.45, 7) is 3.97. The van der Waals surface area contributed by atoms with Crippen molar-refractivity contribution in [2.75, 3.05) is 5.32 Å². The van der Waals surface area contributed by atoms with Gasteiger partial charge in [-0.15, -0.1) is 0 Å². The maximum atomic E-state index is 12.7. The second-order valence-corrected chi connectivity index (χ2v) is 5.24. The van der Waals surface area contributed by atoms with E-state index in [2.05, 4.69) is 5.32 Å². The predicted octanol–water partition coefficient (Wildman–Crippen LogP) is 4.82. The number of anilines is 1. The third-order valence-corrected chi connectivity index (χ3v) is 3.68. The van der Waals surface area contributed by atoms with Crippen LogP contribution in [-0.4, -0.2) is 5.91 Å². The Balaban J connectivity index is 1.97. The van der Waals surface area contributed by atoms with Gasteiger partial charge >= 0.3 is 0 Å². The molecule has 0 unspecified atom stereocenters. The normalized spacial score (nSPS) is 10.5. The summed E-state index contributed by atoms with van der Waals surface area (Å²) >= 11 is 0. The summed E-state index contributed by atoms with van der Waals surface area (Å²) < 4.78 is 5.43. The van der Waals surface area contributed by atoms with Gasteiger partial charge in [-0.25, -0.2) is 0 Å². The van der Waals surface area contributed by atoms with E-state index in [1.165, 1.54) is 0 Å². The van der Waals surface area contributed by atoms with Gasteiger partial charge in [-0.2, -0.15) is 0 Å². The topological polar surface area (TPSA) is 42.2 Å². The quantitative estimate of drug-likeness (QED) is 0.752. The van der Waals surface area contributed by atoms with Gasteiger partial charge in [0.15, 0.2) is 0 Å². The largest absolute Gasteiger partial charge is 0.464 e. The monoisotopic (exact) mass is 291 g/mol. The number of hydrogen-bond donors (Lipinski definition) is 1. The molecule has 0 fully saturated rings. The average Bonchev–Trinajstić information content (AvgIpc) is 3.05. The number of furan rings is 1. The smallest absolute Gasteiger partial charge is 0.256 e. The van der Waals surface area contributed by atoms with Crippen molar-refractivity contribution >= 4 is 11.6 Å². The molecule has 0 aliphatic heterocycles. The van der Waals surface area contributed by atoms with Crippen LogP contribution in [0.5, 0.6) is 0 Å². The van der Waals surface area contributed by atoms with Crippen molar-refractivity contribution in [2.24, 2.45) is 0 Å². The number of aryl methyl sites for hydroxylation is 2. The molecular weight excluding hydrogens is 274 g/mol. The van der Waals surface area contributed by atoms with Crippen LogP contribution in [0.15, 0.2) is 65.3 Å². The second kappa shape index (κ2) is 5.90. The van der Waals surface area contributed by atoms with Crippen molar-refractivity contribution < 1.29 is 9.21 Å². The molecule has 0 spiro atoms. The second-order valence-electron chi connectivity index (χ2n) is 5.24. The van der Waals surface area contributed by atoms with Crippen molar-refractivity contribution in [3.05, 3.63) is 77.6 Å². The Morgan fingerprint density at radius 2 is 1.64 bits per heavy atom. The molecule has 0 aliphatic rings. The van der Waals surface area contributed by atoms with Gasteiger partial charge in [-0.1, -0.05) is 36.4 Å². The standard InChI is InChI=1S/C19H17NO2/c1-13-7-5-8-14(2)18(13)20-19(21)16-10-4-3-9-15(16)17-11-6-12-22-17/h3-12H,1-2H3,(H,20,21). The lowest BCUT2D eigenvalue weighted by atomic mass is 10.0. The molecule has 3 rings (SSSR count). The molecule has 0 atom stereocenters. The summed E-state index contributed by atoms with van der Waals surface area (Å²) in [6, 6.07) is 17.1. The van der Waals surface area contributed by atoms with Crippen LogP contribution in [0.25, 0.3) is 11.3 Å². The molecule has 0 saturated heterocycles. The fraction of sp³-hybridized carbons (Fsp3) is 0.105. The first-order chi connectivity index (χ1) is 10.7. The predicted molar refractivity (Wildman–Crippen MR) is 88.0 cm³/mol. The van der Waals surface area contributed by atoms with Crippen molar-refractivity contribution in [1.29, 1.82) is 0 Å². The van der Waals surface area contributed by atoms with E-state index in [1.807, 2.05) is 62.4 Å². The molecule has 1 N–H and O–H groups in total. The molecule has 0 saturated carbocycles. The number of nitrogens with one attached hydrogen (secondary N) is 1. The Labute approximate surface area is 129 Å². The molecule has 1 heterocycles. The number of amides is 1. The molecular formula is C19H17NO2. The summed E-state index contributed by atoms with van der Waals surface area (Å²) in [6.07, 6.45) is 1.61. The molecule has 0 radical (unpaired) electrons. The molecule has 0 aliphatic carbocycles. The van der Waals surface area contributed by atoms with Gasteiger partial charge in [-0.3, -0.25) is 4.79 Å².